The molecule has 0 aliphatic heterocycles. The largest absolute Gasteiger partial charge is 0.449 e. The standard InChI is InChI=1S/C17H19N3O/c1-3-20-10-4-5-16(20)11-18-15-8-6-14(7-9-15)17-12-21-13(2)19-17/h4-10,12,18H,3,11H2,1-2H3. The summed E-state index contributed by atoms with van der Waals surface area (Å²) in [6.45, 7) is 5.82. The molecule has 108 valence electrons. The normalized spacial score (nSPS) is 10.8. The third-order valence-corrected chi connectivity index (χ3v) is 3.54. The van der Waals surface area contributed by atoms with E-state index in [9.17, 15) is 0 Å². The van der Waals surface area contributed by atoms with Crippen molar-refractivity contribution in [3.8, 4) is 11.3 Å². The van der Waals surface area contributed by atoms with Crippen molar-refractivity contribution in [1.82, 2.24) is 9.55 Å². The van der Waals surface area contributed by atoms with Gasteiger partial charge in [-0.25, -0.2) is 4.98 Å². The number of aryl methyl sites for hydroxylation is 2. The van der Waals surface area contributed by atoms with Crippen LogP contribution >= 0.6 is 0 Å². The summed E-state index contributed by atoms with van der Waals surface area (Å²) in [5.74, 6) is 0.688. The van der Waals surface area contributed by atoms with Crippen LogP contribution < -0.4 is 5.32 Å². The second-order valence-corrected chi connectivity index (χ2v) is 4.97. The molecule has 1 N–H and O–H groups in total. The Kier molecular flexibility index (Phi) is 3.77. The lowest BCUT2D eigenvalue weighted by Crippen LogP contribution is -2.05. The van der Waals surface area contributed by atoms with Gasteiger partial charge in [0.05, 0.1) is 6.54 Å². The fourth-order valence-corrected chi connectivity index (χ4v) is 2.37. The molecule has 0 bridgehead atoms. The zero-order valence-electron chi connectivity index (χ0n) is 12.3. The fraction of sp³-hybridized carbons (Fsp3) is 0.235. The number of benzene rings is 1. The predicted octanol–water partition coefficient (Wildman–Crippen LogP) is 4.08. The molecule has 0 unspecified atom stereocenters. The third kappa shape index (κ3) is 2.99. The Morgan fingerprint density at radius 2 is 2.00 bits per heavy atom. The number of nitrogens with zero attached hydrogens (tertiary/aromatic N) is 2. The van der Waals surface area contributed by atoms with E-state index in [1.165, 1.54) is 5.69 Å². The summed E-state index contributed by atoms with van der Waals surface area (Å²) in [4.78, 5) is 4.33. The van der Waals surface area contributed by atoms with Gasteiger partial charge in [0.15, 0.2) is 5.89 Å². The van der Waals surface area contributed by atoms with Crippen molar-refractivity contribution in [2.24, 2.45) is 0 Å². The summed E-state index contributed by atoms with van der Waals surface area (Å²) in [7, 11) is 0. The third-order valence-electron chi connectivity index (χ3n) is 3.54. The van der Waals surface area contributed by atoms with Gasteiger partial charge >= 0.3 is 0 Å². The van der Waals surface area contributed by atoms with Crippen LogP contribution in [0.2, 0.25) is 0 Å². The smallest absolute Gasteiger partial charge is 0.191 e. The fourth-order valence-electron chi connectivity index (χ4n) is 2.37. The first-order valence-electron chi connectivity index (χ1n) is 7.16. The van der Waals surface area contributed by atoms with Crippen molar-refractivity contribution in [1.29, 1.82) is 0 Å². The minimum absolute atomic E-state index is 0.688. The first-order valence-corrected chi connectivity index (χ1v) is 7.16. The van der Waals surface area contributed by atoms with Gasteiger partial charge in [0.2, 0.25) is 0 Å². The number of rotatable bonds is 5. The van der Waals surface area contributed by atoms with Crippen LogP contribution in [0.1, 0.15) is 18.5 Å². The first kappa shape index (κ1) is 13.5. The van der Waals surface area contributed by atoms with Crippen molar-refractivity contribution in [2.45, 2.75) is 26.9 Å². The van der Waals surface area contributed by atoms with Crippen LogP contribution in [0, 0.1) is 6.92 Å². The molecule has 0 amide bonds. The summed E-state index contributed by atoms with van der Waals surface area (Å²) in [5.41, 5.74) is 4.32. The molecule has 0 aliphatic carbocycles. The summed E-state index contributed by atoms with van der Waals surface area (Å²) in [5, 5.41) is 3.44. The Bertz CT molecular complexity index is 710. The number of hydrogen-bond acceptors (Lipinski definition) is 3. The number of oxazole rings is 1. The SMILES string of the molecule is CCn1cccc1CNc1ccc(-c2coc(C)n2)cc1. The molecular weight excluding hydrogens is 262 g/mol. The Balaban J connectivity index is 1.67. The van der Waals surface area contributed by atoms with Crippen LogP contribution in [0.15, 0.2) is 53.3 Å². The van der Waals surface area contributed by atoms with E-state index < -0.39 is 0 Å². The average molecular weight is 281 g/mol. The molecule has 4 nitrogen and oxygen atoms in total. The molecule has 0 fully saturated rings. The Labute approximate surface area is 124 Å². The van der Waals surface area contributed by atoms with Gasteiger partial charge in [-0.2, -0.15) is 0 Å². The summed E-state index contributed by atoms with van der Waals surface area (Å²) >= 11 is 0. The second-order valence-electron chi connectivity index (χ2n) is 4.97. The molecule has 1 aromatic carbocycles. The van der Waals surface area contributed by atoms with Crippen LogP contribution in [0.25, 0.3) is 11.3 Å². The Hall–Kier alpha value is -2.49. The average Bonchev–Trinajstić information content (AvgIpc) is 3.14. The number of nitrogens with one attached hydrogen (secondary N) is 1. The van der Waals surface area contributed by atoms with E-state index in [1.54, 1.807) is 6.26 Å². The van der Waals surface area contributed by atoms with E-state index in [0.29, 0.717) is 5.89 Å². The lowest BCUT2D eigenvalue weighted by Gasteiger charge is -2.09. The molecule has 3 rings (SSSR count). The maximum absolute atomic E-state index is 5.24. The highest BCUT2D eigenvalue weighted by Crippen LogP contribution is 2.21. The Morgan fingerprint density at radius 1 is 1.19 bits per heavy atom. The summed E-state index contributed by atoms with van der Waals surface area (Å²) in [6.07, 6.45) is 3.79. The molecule has 2 aromatic heterocycles. The molecule has 21 heavy (non-hydrogen) atoms. The lowest BCUT2D eigenvalue weighted by molar-refractivity contribution is 0.521. The monoisotopic (exact) mass is 281 g/mol. The van der Waals surface area contributed by atoms with Gasteiger partial charge in [-0.1, -0.05) is 12.1 Å². The van der Waals surface area contributed by atoms with Crippen molar-refractivity contribution < 1.29 is 4.42 Å². The van der Waals surface area contributed by atoms with E-state index in [2.05, 4.69) is 64.4 Å². The quantitative estimate of drug-likeness (QED) is 0.766. The predicted molar refractivity (Wildman–Crippen MR) is 84.1 cm³/mol. The molecule has 4 heteroatoms. The molecule has 0 saturated heterocycles. The van der Waals surface area contributed by atoms with Gasteiger partial charge in [-0.3, -0.25) is 0 Å². The van der Waals surface area contributed by atoms with Gasteiger partial charge in [0.25, 0.3) is 0 Å². The van der Waals surface area contributed by atoms with Gasteiger partial charge in [0.1, 0.15) is 12.0 Å². The summed E-state index contributed by atoms with van der Waals surface area (Å²) in [6, 6.07) is 12.5. The molecule has 3 aromatic rings. The van der Waals surface area contributed by atoms with Crippen molar-refractivity contribution >= 4 is 5.69 Å². The van der Waals surface area contributed by atoms with Crippen LogP contribution in [-0.2, 0) is 13.1 Å². The van der Waals surface area contributed by atoms with Crippen LogP contribution in [-0.4, -0.2) is 9.55 Å². The van der Waals surface area contributed by atoms with Gasteiger partial charge in [-0.05, 0) is 31.2 Å². The molecule has 0 radical (unpaired) electrons. The van der Waals surface area contributed by atoms with E-state index in [4.69, 9.17) is 4.42 Å². The highest BCUT2D eigenvalue weighted by atomic mass is 16.3. The van der Waals surface area contributed by atoms with E-state index >= 15 is 0 Å². The second kappa shape index (κ2) is 5.87. The molecule has 0 saturated carbocycles. The zero-order chi connectivity index (χ0) is 14.7. The van der Waals surface area contributed by atoms with Crippen molar-refractivity contribution in [3.63, 3.8) is 0 Å². The van der Waals surface area contributed by atoms with E-state index in [-0.39, 0.29) is 0 Å². The lowest BCUT2D eigenvalue weighted by atomic mass is 10.1. The molecular formula is C17H19N3O. The van der Waals surface area contributed by atoms with Crippen LogP contribution in [0.3, 0.4) is 0 Å². The van der Waals surface area contributed by atoms with E-state index in [0.717, 1.165) is 30.0 Å². The maximum Gasteiger partial charge on any atom is 0.191 e. The van der Waals surface area contributed by atoms with Gasteiger partial charge < -0.3 is 14.3 Å². The molecule has 0 aliphatic rings. The van der Waals surface area contributed by atoms with Crippen LogP contribution in [0.4, 0.5) is 5.69 Å². The van der Waals surface area contributed by atoms with Gasteiger partial charge in [0, 0.05) is 36.6 Å². The topological polar surface area (TPSA) is 43.0 Å². The van der Waals surface area contributed by atoms with Crippen molar-refractivity contribution in [2.75, 3.05) is 5.32 Å². The highest BCUT2D eigenvalue weighted by molar-refractivity contribution is 5.61. The minimum Gasteiger partial charge on any atom is -0.449 e. The number of aromatic nitrogens is 2. The minimum atomic E-state index is 0.688. The molecule has 0 atom stereocenters. The van der Waals surface area contributed by atoms with Gasteiger partial charge in [-0.15, -0.1) is 0 Å². The van der Waals surface area contributed by atoms with Crippen LogP contribution in [0.5, 0.6) is 0 Å². The molecule has 0 spiro atoms. The summed E-state index contributed by atoms with van der Waals surface area (Å²) < 4.78 is 7.48. The zero-order valence-corrected chi connectivity index (χ0v) is 12.3. The number of anilines is 1. The number of hydrogen-bond donors (Lipinski definition) is 1. The highest BCUT2D eigenvalue weighted by Gasteiger charge is 2.03. The maximum atomic E-state index is 5.24. The van der Waals surface area contributed by atoms with Crippen molar-refractivity contribution in [3.05, 3.63) is 60.4 Å². The Morgan fingerprint density at radius 3 is 2.67 bits per heavy atom. The van der Waals surface area contributed by atoms with E-state index in [1.807, 2.05) is 6.92 Å². The first-order chi connectivity index (χ1) is 10.3. The molecule has 2 heterocycles.